The van der Waals surface area contributed by atoms with Gasteiger partial charge in [0.1, 0.15) is 0 Å². The first-order chi connectivity index (χ1) is 12.7. The van der Waals surface area contributed by atoms with Crippen molar-refractivity contribution in [2.75, 3.05) is 7.05 Å². The van der Waals surface area contributed by atoms with Crippen LogP contribution in [0.15, 0.2) is 36.4 Å². The normalized spacial score (nSPS) is 21.3. The molecular weight excluding hydrogens is 359 g/mol. The first-order valence-electron chi connectivity index (χ1n) is 8.49. The van der Waals surface area contributed by atoms with Gasteiger partial charge in [-0.25, -0.2) is 0 Å². The van der Waals surface area contributed by atoms with E-state index in [1.54, 1.807) is 24.1 Å². The van der Waals surface area contributed by atoms with Gasteiger partial charge in [-0.05, 0) is 52.8 Å². The second-order valence-electron chi connectivity index (χ2n) is 7.12. The first kappa shape index (κ1) is 17.6. The van der Waals surface area contributed by atoms with Crippen LogP contribution in [0.1, 0.15) is 39.4 Å². The molecule has 1 aliphatic carbocycles. The Morgan fingerprint density at radius 3 is 2.37 bits per heavy atom. The minimum absolute atomic E-state index is 0.144. The lowest BCUT2D eigenvalue weighted by Gasteiger charge is -2.12. The summed E-state index contributed by atoms with van der Waals surface area (Å²) in [5, 5.41) is 9.24. The van der Waals surface area contributed by atoms with Gasteiger partial charge >= 0.3 is 12.1 Å². The largest absolute Gasteiger partial charge is 0.481 e. The highest BCUT2D eigenvalue weighted by atomic mass is 19.4. The van der Waals surface area contributed by atoms with Crippen LogP contribution >= 0.6 is 0 Å². The lowest BCUT2D eigenvalue weighted by atomic mass is 9.92. The Labute approximate surface area is 153 Å². The molecule has 1 fully saturated rings. The van der Waals surface area contributed by atoms with Gasteiger partial charge < -0.3 is 10.0 Å². The van der Waals surface area contributed by atoms with Crippen molar-refractivity contribution in [3.8, 4) is 11.1 Å². The standard InChI is InChI=1S/C20H16F3NO3/c1-24-9-12-6-11(10-2-4-13(5-3-10)20(21,22)23)7-15(17(12)18(24)25)14-8-16(14)19(26)27/h2-7,14,16H,8-9H2,1H3,(H,26,27)/t14-,16+/m0/s1. The number of carbonyl (C=O) groups excluding carboxylic acids is 1. The van der Waals surface area contributed by atoms with Gasteiger partial charge in [-0.3, -0.25) is 9.59 Å². The second-order valence-corrected chi connectivity index (χ2v) is 7.12. The number of benzene rings is 2. The van der Waals surface area contributed by atoms with Gasteiger partial charge in [-0.1, -0.05) is 18.2 Å². The van der Waals surface area contributed by atoms with Crippen molar-refractivity contribution in [1.82, 2.24) is 4.90 Å². The fourth-order valence-corrected chi connectivity index (χ4v) is 3.75. The van der Waals surface area contributed by atoms with Crippen LogP contribution in [0.4, 0.5) is 13.2 Å². The molecular formula is C20H16F3NO3. The van der Waals surface area contributed by atoms with E-state index < -0.39 is 23.6 Å². The van der Waals surface area contributed by atoms with Gasteiger partial charge in [-0.2, -0.15) is 13.2 Å². The van der Waals surface area contributed by atoms with Crippen LogP contribution in [-0.2, 0) is 17.5 Å². The summed E-state index contributed by atoms with van der Waals surface area (Å²) in [4.78, 5) is 25.3. The zero-order chi connectivity index (χ0) is 19.5. The minimum atomic E-state index is -4.40. The molecule has 2 aromatic carbocycles. The number of carbonyl (C=O) groups is 2. The van der Waals surface area contributed by atoms with Crippen molar-refractivity contribution in [3.05, 3.63) is 58.7 Å². The molecule has 27 heavy (non-hydrogen) atoms. The maximum Gasteiger partial charge on any atom is 0.416 e. The maximum absolute atomic E-state index is 12.8. The third-order valence-electron chi connectivity index (χ3n) is 5.27. The molecule has 1 heterocycles. The summed E-state index contributed by atoms with van der Waals surface area (Å²) in [5.74, 6) is -1.79. The van der Waals surface area contributed by atoms with Gasteiger partial charge in [0, 0.05) is 19.2 Å². The summed E-state index contributed by atoms with van der Waals surface area (Å²) in [6.45, 7) is 0.403. The summed E-state index contributed by atoms with van der Waals surface area (Å²) < 4.78 is 38.4. The Hall–Kier alpha value is -2.83. The maximum atomic E-state index is 12.8. The third kappa shape index (κ3) is 2.97. The Kier molecular flexibility index (Phi) is 3.80. The van der Waals surface area contributed by atoms with Gasteiger partial charge in [0.15, 0.2) is 0 Å². The van der Waals surface area contributed by atoms with E-state index >= 15 is 0 Å². The van der Waals surface area contributed by atoms with E-state index in [1.807, 2.05) is 0 Å². The van der Waals surface area contributed by atoms with Gasteiger partial charge in [-0.15, -0.1) is 0 Å². The molecule has 1 N–H and O–H groups in total. The van der Waals surface area contributed by atoms with Gasteiger partial charge in [0.2, 0.25) is 0 Å². The Bertz CT molecular complexity index is 950. The lowest BCUT2D eigenvalue weighted by Crippen LogP contribution is -2.18. The average Bonchev–Trinajstić information content (AvgIpc) is 3.35. The number of halogens is 3. The molecule has 4 rings (SSSR count). The monoisotopic (exact) mass is 375 g/mol. The van der Waals surface area contributed by atoms with Crippen LogP contribution in [0.2, 0.25) is 0 Å². The predicted octanol–water partition coefficient (Wildman–Crippen LogP) is 4.15. The zero-order valence-corrected chi connectivity index (χ0v) is 14.4. The third-order valence-corrected chi connectivity index (χ3v) is 5.27. The van der Waals surface area contributed by atoms with Crippen LogP contribution in [0.25, 0.3) is 11.1 Å². The summed E-state index contributed by atoms with van der Waals surface area (Å²) in [6, 6.07) is 8.41. The quantitative estimate of drug-likeness (QED) is 0.877. The minimum Gasteiger partial charge on any atom is -0.481 e. The van der Waals surface area contributed by atoms with Crippen LogP contribution in [-0.4, -0.2) is 28.9 Å². The van der Waals surface area contributed by atoms with E-state index in [0.717, 1.165) is 17.7 Å². The average molecular weight is 375 g/mol. The van der Waals surface area contributed by atoms with Crippen molar-refractivity contribution in [1.29, 1.82) is 0 Å². The molecule has 4 nitrogen and oxygen atoms in total. The molecule has 7 heteroatoms. The topological polar surface area (TPSA) is 57.6 Å². The first-order valence-corrected chi connectivity index (χ1v) is 8.49. The number of alkyl halides is 3. The number of hydrogen-bond donors (Lipinski definition) is 1. The summed E-state index contributed by atoms with van der Waals surface area (Å²) >= 11 is 0. The van der Waals surface area contributed by atoms with Crippen molar-refractivity contribution in [2.24, 2.45) is 5.92 Å². The molecule has 0 bridgehead atoms. The molecule has 0 aromatic heterocycles. The van der Waals surface area contributed by atoms with Crippen LogP contribution < -0.4 is 0 Å². The smallest absolute Gasteiger partial charge is 0.416 e. The van der Waals surface area contributed by atoms with Gasteiger partial charge in [0.25, 0.3) is 5.91 Å². The highest BCUT2D eigenvalue weighted by Gasteiger charge is 2.47. The molecule has 0 saturated heterocycles. The zero-order valence-electron chi connectivity index (χ0n) is 14.4. The molecule has 1 amide bonds. The van der Waals surface area contributed by atoms with E-state index in [1.165, 1.54) is 12.1 Å². The fraction of sp³-hybridized carbons (Fsp3) is 0.300. The van der Waals surface area contributed by atoms with Crippen molar-refractivity contribution >= 4 is 11.9 Å². The number of rotatable bonds is 3. The molecule has 140 valence electrons. The Morgan fingerprint density at radius 1 is 1.15 bits per heavy atom. The molecule has 1 saturated carbocycles. The SMILES string of the molecule is CN1Cc2cc(-c3ccc(C(F)(F)F)cc3)cc([C@@H]3C[C@H]3C(=O)O)c2C1=O. The predicted molar refractivity (Wildman–Crippen MR) is 91.2 cm³/mol. The number of nitrogens with zero attached hydrogens (tertiary/aromatic N) is 1. The molecule has 2 aliphatic rings. The van der Waals surface area contributed by atoms with E-state index in [-0.39, 0.29) is 11.8 Å². The van der Waals surface area contributed by atoms with E-state index in [2.05, 4.69) is 0 Å². The Balaban J connectivity index is 1.78. The number of amides is 1. The highest BCUT2D eigenvalue weighted by Crippen LogP contribution is 2.51. The lowest BCUT2D eigenvalue weighted by molar-refractivity contribution is -0.139. The van der Waals surface area contributed by atoms with E-state index in [9.17, 15) is 27.9 Å². The summed E-state index contributed by atoms with van der Waals surface area (Å²) in [7, 11) is 1.67. The Morgan fingerprint density at radius 2 is 1.81 bits per heavy atom. The molecule has 1 aliphatic heterocycles. The molecule has 0 unspecified atom stereocenters. The molecule has 2 atom stereocenters. The molecule has 0 spiro atoms. The number of fused-ring (bicyclic) bond motifs is 1. The number of hydrogen-bond acceptors (Lipinski definition) is 2. The highest BCUT2D eigenvalue weighted by molar-refractivity contribution is 6.01. The van der Waals surface area contributed by atoms with E-state index in [0.29, 0.717) is 35.2 Å². The van der Waals surface area contributed by atoms with Gasteiger partial charge in [0.05, 0.1) is 11.5 Å². The van der Waals surface area contributed by atoms with Crippen LogP contribution in [0, 0.1) is 5.92 Å². The molecule has 2 aromatic rings. The second kappa shape index (κ2) is 5.84. The van der Waals surface area contributed by atoms with Crippen molar-refractivity contribution < 1.29 is 27.9 Å². The van der Waals surface area contributed by atoms with Crippen molar-refractivity contribution in [3.63, 3.8) is 0 Å². The van der Waals surface area contributed by atoms with Crippen LogP contribution in [0.3, 0.4) is 0 Å². The summed E-state index contributed by atoms with van der Waals surface area (Å²) in [6.07, 6.45) is -3.94. The number of carboxylic acid groups (broad SMARTS) is 1. The number of carboxylic acids is 1. The molecule has 0 radical (unpaired) electrons. The van der Waals surface area contributed by atoms with E-state index in [4.69, 9.17) is 0 Å². The summed E-state index contributed by atoms with van der Waals surface area (Å²) in [5.41, 5.74) is 2.57. The van der Waals surface area contributed by atoms with Crippen LogP contribution in [0.5, 0.6) is 0 Å². The van der Waals surface area contributed by atoms with Crippen molar-refractivity contribution in [2.45, 2.75) is 25.1 Å². The number of aliphatic carboxylic acids is 1. The fourth-order valence-electron chi connectivity index (χ4n) is 3.75.